The van der Waals surface area contributed by atoms with Crippen LogP contribution in [-0.4, -0.2) is 12.5 Å². The molecule has 2 rings (SSSR count). The second-order valence-electron chi connectivity index (χ2n) is 4.26. The van der Waals surface area contributed by atoms with E-state index >= 15 is 0 Å². The third-order valence-electron chi connectivity index (χ3n) is 2.74. The summed E-state index contributed by atoms with van der Waals surface area (Å²) in [6, 6.07) is 16.2. The molecule has 20 heavy (non-hydrogen) atoms. The van der Waals surface area contributed by atoms with Crippen LogP contribution in [0.3, 0.4) is 0 Å². The van der Waals surface area contributed by atoms with Crippen LogP contribution in [0.5, 0.6) is 5.75 Å². The lowest BCUT2D eigenvalue weighted by molar-refractivity contribution is 0.102. The Kier molecular flexibility index (Phi) is 4.35. The highest BCUT2D eigenvalue weighted by molar-refractivity contribution is 6.05. The highest BCUT2D eigenvalue weighted by atomic mass is 16.5. The standard InChI is InChI=1S/C16H14N2O2/c1-12-6-8-13(9-7-12)16(19)18-14-4-2-3-5-15(14)20-11-10-17/h2-9H,11H2,1H3,(H,18,19). The van der Waals surface area contributed by atoms with Crippen molar-refractivity contribution in [3.63, 3.8) is 0 Å². The van der Waals surface area contributed by atoms with E-state index in [4.69, 9.17) is 10.00 Å². The van der Waals surface area contributed by atoms with Crippen molar-refractivity contribution in [2.45, 2.75) is 6.92 Å². The molecule has 0 saturated heterocycles. The number of anilines is 1. The first kappa shape index (κ1) is 13.6. The third-order valence-corrected chi connectivity index (χ3v) is 2.74. The van der Waals surface area contributed by atoms with Gasteiger partial charge in [0.1, 0.15) is 11.8 Å². The fourth-order valence-corrected chi connectivity index (χ4v) is 1.71. The van der Waals surface area contributed by atoms with E-state index in [1.54, 1.807) is 36.4 Å². The SMILES string of the molecule is Cc1ccc(C(=O)Nc2ccccc2OCC#N)cc1. The normalized spacial score (nSPS) is 9.60. The molecule has 4 heteroatoms. The molecule has 0 bridgehead atoms. The number of nitrogens with one attached hydrogen (secondary N) is 1. The summed E-state index contributed by atoms with van der Waals surface area (Å²) in [5, 5.41) is 11.3. The van der Waals surface area contributed by atoms with Crippen LogP contribution in [0.15, 0.2) is 48.5 Å². The third kappa shape index (κ3) is 3.36. The second-order valence-corrected chi connectivity index (χ2v) is 4.26. The maximum absolute atomic E-state index is 12.1. The van der Waals surface area contributed by atoms with Gasteiger partial charge in [-0.3, -0.25) is 4.79 Å². The minimum atomic E-state index is -0.210. The minimum Gasteiger partial charge on any atom is -0.477 e. The fraction of sp³-hybridized carbons (Fsp3) is 0.125. The number of aryl methyl sites for hydroxylation is 1. The van der Waals surface area contributed by atoms with E-state index in [9.17, 15) is 4.79 Å². The van der Waals surface area contributed by atoms with Gasteiger partial charge in [0.2, 0.25) is 0 Å². The van der Waals surface area contributed by atoms with Crippen molar-refractivity contribution in [1.29, 1.82) is 5.26 Å². The number of nitrogens with zero attached hydrogens (tertiary/aromatic N) is 1. The van der Waals surface area contributed by atoms with Crippen molar-refractivity contribution in [2.24, 2.45) is 0 Å². The zero-order valence-corrected chi connectivity index (χ0v) is 11.1. The van der Waals surface area contributed by atoms with Crippen molar-refractivity contribution >= 4 is 11.6 Å². The van der Waals surface area contributed by atoms with Crippen LogP contribution in [0.4, 0.5) is 5.69 Å². The van der Waals surface area contributed by atoms with Crippen LogP contribution in [-0.2, 0) is 0 Å². The van der Waals surface area contributed by atoms with Gasteiger partial charge in [-0.25, -0.2) is 0 Å². The molecule has 0 spiro atoms. The average Bonchev–Trinajstić information content (AvgIpc) is 2.47. The molecule has 0 saturated carbocycles. The number of para-hydroxylation sites is 2. The van der Waals surface area contributed by atoms with Gasteiger partial charge < -0.3 is 10.1 Å². The summed E-state index contributed by atoms with van der Waals surface area (Å²) in [6.45, 7) is 1.91. The van der Waals surface area contributed by atoms with Crippen molar-refractivity contribution in [1.82, 2.24) is 0 Å². The highest BCUT2D eigenvalue weighted by Gasteiger charge is 2.09. The molecule has 0 aromatic heterocycles. The topological polar surface area (TPSA) is 62.1 Å². The van der Waals surface area contributed by atoms with E-state index in [-0.39, 0.29) is 12.5 Å². The molecule has 0 aliphatic rings. The van der Waals surface area contributed by atoms with Crippen LogP contribution in [0.1, 0.15) is 15.9 Å². The van der Waals surface area contributed by atoms with Crippen LogP contribution in [0, 0.1) is 18.3 Å². The van der Waals surface area contributed by atoms with Crippen molar-refractivity contribution in [2.75, 3.05) is 11.9 Å². The molecule has 2 aromatic carbocycles. The molecule has 0 fully saturated rings. The van der Waals surface area contributed by atoms with Gasteiger partial charge in [0.15, 0.2) is 6.61 Å². The first-order valence-electron chi connectivity index (χ1n) is 6.17. The Morgan fingerprint density at radius 1 is 1.20 bits per heavy atom. The summed E-state index contributed by atoms with van der Waals surface area (Å²) in [6.07, 6.45) is 0. The molecular weight excluding hydrogens is 252 g/mol. The molecule has 0 radical (unpaired) electrons. The predicted octanol–water partition coefficient (Wildman–Crippen LogP) is 3.15. The number of benzene rings is 2. The van der Waals surface area contributed by atoms with E-state index in [1.165, 1.54) is 0 Å². The predicted molar refractivity (Wildman–Crippen MR) is 76.7 cm³/mol. The molecular formula is C16H14N2O2. The van der Waals surface area contributed by atoms with Crippen molar-refractivity contribution in [3.8, 4) is 11.8 Å². The molecule has 1 amide bonds. The number of rotatable bonds is 4. The Morgan fingerprint density at radius 3 is 2.60 bits per heavy atom. The minimum absolute atomic E-state index is 0.0581. The van der Waals surface area contributed by atoms with E-state index in [2.05, 4.69) is 5.32 Å². The van der Waals surface area contributed by atoms with E-state index in [0.29, 0.717) is 17.0 Å². The molecule has 0 aliphatic carbocycles. The molecule has 0 atom stereocenters. The van der Waals surface area contributed by atoms with Gasteiger partial charge >= 0.3 is 0 Å². The van der Waals surface area contributed by atoms with Crippen LogP contribution < -0.4 is 10.1 Å². The van der Waals surface area contributed by atoms with Gasteiger partial charge in [-0.1, -0.05) is 29.8 Å². The van der Waals surface area contributed by atoms with Crippen molar-refractivity contribution < 1.29 is 9.53 Å². The van der Waals surface area contributed by atoms with E-state index < -0.39 is 0 Å². The molecule has 2 aromatic rings. The highest BCUT2D eigenvalue weighted by Crippen LogP contribution is 2.24. The largest absolute Gasteiger partial charge is 0.477 e. The van der Waals surface area contributed by atoms with E-state index in [1.807, 2.05) is 25.1 Å². The van der Waals surface area contributed by atoms with Gasteiger partial charge in [-0.2, -0.15) is 5.26 Å². The lowest BCUT2D eigenvalue weighted by atomic mass is 10.1. The van der Waals surface area contributed by atoms with Gasteiger partial charge in [0.25, 0.3) is 5.91 Å². The zero-order valence-electron chi connectivity index (χ0n) is 11.1. The van der Waals surface area contributed by atoms with Gasteiger partial charge in [-0.15, -0.1) is 0 Å². The number of carbonyl (C=O) groups excluding carboxylic acids is 1. The number of ether oxygens (including phenoxy) is 1. The Bertz CT molecular complexity index is 642. The average molecular weight is 266 g/mol. The zero-order chi connectivity index (χ0) is 14.4. The molecule has 4 nitrogen and oxygen atoms in total. The lowest BCUT2D eigenvalue weighted by Crippen LogP contribution is -2.12. The Labute approximate surface area is 117 Å². The summed E-state index contributed by atoms with van der Waals surface area (Å²) < 4.78 is 5.27. The molecule has 1 N–H and O–H groups in total. The summed E-state index contributed by atoms with van der Waals surface area (Å²) in [5.41, 5.74) is 2.22. The summed E-state index contributed by atoms with van der Waals surface area (Å²) in [5.74, 6) is 0.271. The quantitative estimate of drug-likeness (QED) is 0.924. The first-order valence-corrected chi connectivity index (χ1v) is 6.17. The van der Waals surface area contributed by atoms with Gasteiger partial charge in [0.05, 0.1) is 5.69 Å². The fourth-order valence-electron chi connectivity index (χ4n) is 1.71. The Morgan fingerprint density at radius 2 is 1.90 bits per heavy atom. The number of amides is 1. The number of hydrogen-bond donors (Lipinski definition) is 1. The summed E-state index contributed by atoms with van der Waals surface area (Å²) in [7, 11) is 0. The van der Waals surface area contributed by atoms with Crippen LogP contribution in [0.2, 0.25) is 0 Å². The Balaban J connectivity index is 2.15. The second kappa shape index (κ2) is 6.39. The maximum Gasteiger partial charge on any atom is 0.255 e. The number of carbonyl (C=O) groups is 1. The molecule has 100 valence electrons. The maximum atomic E-state index is 12.1. The lowest BCUT2D eigenvalue weighted by Gasteiger charge is -2.10. The number of nitriles is 1. The monoisotopic (exact) mass is 266 g/mol. The molecule has 0 aliphatic heterocycles. The van der Waals surface area contributed by atoms with Crippen molar-refractivity contribution in [3.05, 3.63) is 59.7 Å². The molecule has 0 unspecified atom stereocenters. The van der Waals surface area contributed by atoms with Gasteiger partial charge in [-0.05, 0) is 31.2 Å². The smallest absolute Gasteiger partial charge is 0.255 e. The first-order chi connectivity index (χ1) is 9.70. The summed E-state index contributed by atoms with van der Waals surface area (Å²) >= 11 is 0. The number of hydrogen-bond acceptors (Lipinski definition) is 3. The van der Waals surface area contributed by atoms with Crippen LogP contribution in [0.25, 0.3) is 0 Å². The van der Waals surface area contributed by atoms with E-state index in [0.717, 1.165) is 5.56 Å². The summed E-state index contributed by atoms with van der Waals surface area (Å²) in [4.78, 5) is 12.1. The Hall–Kier alpha value is -2.80. The van der Waals surface area contributed by atoms with Crippen LogP contribution >= 0.6 is 0 Å². The molecule has 0 heterocycles. The van der Waals surface area contributed by atoms with Gasteiger partial charge in [0, 0.05) is 5.56 Å².